The van der Waals surface area contributed by atoms with Gasteiger partial charge in [0.15, 0.2) is 0 Å². The molecule has 0 heterocycles. The predicted molar refractivity (Wildman–Crippen MR) is 161 cm³/mol. The number of benzene rings is 2. The van der Waals surface area contributed by atoms with Crippen LogP contribution >= 0.6 is 0 Å². The molecule has 4 amide bonds. The second-order valence-electron chi connectivity index (χ2n) is 10.6. The summed E-state index contributed by atoms with van der Waals surface area (Å²) >= 11 is 0. The highest BCUT2D eigenvalue weighted by molar-refractivity contribution is 5.93. The van der Waals surface area contributed by atoms with Crippen molar-refractivity contribution in [1.29, 1.82) is 0 Å². The number of carboxylic acids is 2. The Hall–Kier alpha value is -5.19. The van der Waals surface area contributed by atoms with Gasteiger partial charge in [0.25, 0.3) is 0 Å². The van der Waals surface area contributed by atoms with E-state index in [1.165, 1.54) is 12.1 Å². The zero-order valence-corrected chi connectivity index (χ0v) is 25.5. The molecular weight excluding hydrogens is 631 g/mol. The average molecular weight is 670 g/mol. The molecule has 0 fully saturated rings. The van der Waals surface area contributed by atoms with Crippen molar-refractivity contribution >= 4 is 35.6 Å². The molecule has 0 spiro atoms. The molecule has 0 aromatic heterocycles. The summed E-state index contributed by atoms with van der Waals surface area (Å²) in [5.41, 5.74) is 7.35. The Bertz CT molecular complexity index is 1360. The Balaban J connectivity index is 0.00000141. The van der Waals surface area contributed by atoms with Crippen LogP contribution in [0.2, 0.25) is 0 Å². The summed E-state index contributed by atoms with van der Waals surface area (Å²) < 4.78 is 31.7. The molecule has 0 aliphatic heterocycles. The summed E-state index contributed by atoms with van der Waals surface area (Å²) in [4.78, 5) is 70.4. The molecule has 258 valence electrons. The lowest BCUT2D eigenvalue weighted by atomic mass is 10.0. The summed E-state index contributed by atoms with van der Waals surface area (Å²) in [6.45, 7) is 2.78. The SMILES string of the molecule is CC(C)CC(NC(=O)C(Cc1ccccc1)NC(=O)CNC(=O)CNC(=O)C(N)Cc1ccc(O)cc1)C(=O)O.O=C(O)C(F)(F)F. The van der Waals surface area contributed by atoms with E-state index in [2.05, 4.69) is 21.3 Å². The third-order valence-corrected chi connectivity index (χ3v) is 6.10. The van der Waals surface area contributed by atoms with E-state index in [9.17, 15) is 47.4 Å². The Morgan fingerprint density at radius 2 is 1.28 bits per heavy atom. The Morgan fingerprint density at radius 3 is 1.79 bits per heavy atom. The maximum atomic E-state index is 13.0. The lowest BCUT2D eigenvalue weighted by Gasteiger charge is -2.22. The average Bonchev–Trinajstić information content (AvgIpc) is 2.99. The first-order chi connectivity index (χ1) is 21.9. The third-order valence-electron chi connectivity index (χ3n) is 6.10. The summed E-state index contributed by atoms with van der Waals surface area (Å²) in [6, 6.07) is 12.0. The number of halogens is 3. The second-order valence-corrected chi connectivity index (χ2v) is 10.6. The van der Waals surface area contributed by atoms with Gasteiger partial charge < -0.3 is 42.3 Å². The Kier molecular flexibility index (Phi) is 16.4. The van der Waals surface area contributed by atoms with E-state index in [1.807, 2.05) is 13.8 Å². The van der Waals surface area contributed by atoms with Crippen LogP contribution in [-0.2, 0) is 41.6 Å². The normalized spacial score (nSPS) is 12.7. The zero-order valence-electron chi connectivity index (χ0n) is 25.5. The van der Waals surface area contributed by atoms with Crippen molar-refractivity contribution < 1.29 is 57.3 Å². The van der Waals surface area contributed by atoms with Crippen molar-refractivity contribution in [1.82, 2.24) is 21.3 Å². The van der Waals surface area contributed by atoms with Crippen molar-refractivity contribution in [2.75, 3.05) is 13.1 Å². The lowest BCUT2D eigenvalue weighted by molar-refractivity contribution is -0.192. The molecule has 3 unspecified atom stereocenters. The molecule has 0 saturated carbocycles. The van der Waals surface area contributed by atoms with E-state index >= 15 is 0 Å². The lowest BCUT2D eigenvalue weighted by Crippen LogP contribution is -2.54. The molecule has 0 bridgehead atoms. The molecule has 0 aliphatic rings. The first kappa shape index (κ1) is 39.8. The molecule has 14 nitrogen and oxygen atoms in total. The molecule has 9 N–H and O–H groups in total. The standard InChI is InChI=1S/C28H37N5O7.C2HF3O2/c1-17(2)12-23(28(39)40)33-27(38)22(14-18-6-4-3-5-7-18)32-25(36)16-30-24(35)15-31-26(37)21(29)13-19-8-10-20(34)11-9-19;3-2(4,5)1(6)7/h3-11,17,21-23,34H,12-16,29H2,1-2H3,(H,30,35)(H,31,37)(H,32,36)(H,33,38)(H,39,40);(H,6,7). The van der Waals surface area contributed by atoms with Gasteiger partial charge in [-0.3, -0.25) is 19.2 Å². The number of carbonyl (C=O) groups is 6. The maximum absolute atomic E-state index is 13.0. The van der Waals surface area contributed by atoms with Gasteiger partial charge in [-0.05, 0) is 42.0 Å². The van der Waals surface area contributed by atoms with E-state index in [1.54, 1.807) is 42.5 Å². The van der Waals surface area contributed by atoms with Gasteiger partial charge in [0.2, 0.25) is 23.6 Å². The Morgan fingerprint density at radius 1 is 0.745 bits per heavy atom. The number of aliphatic carboxylic acids is 2. The minimum atomic E-state index is -5.08. The van der Waals surface area contributed by atoms with E-state index in [4.69, 9.17) is 15.6 Å². The van der Waals surface area contributed by atoms with Crippen LogP contribution < -0.4 is 27.0 Å². The van der Waals surface area contributed by atoms with Crippen LogP contribution in [0.5, 0.6) is 5.75 Å². The van der Waals surface area contributed by atoms with Gasteiger partial charge in [-0.2, -0.15) is 13.2 Å². The van der Waals surface area contributed by atoms with Gasteiger partial charge in [0.1, 0.15) is 17.8 Å². The second kappa shape index (κ2) is 19.4. The van der Waals surface area contributed by atoms with Gasteiger partial charge >= 0.3 is 18.1 Å². The molecule has 2 aromatic carbocycles. The molecule has 2 aromatic rings. The molecular formula is C30H38F3N5O9. The maximum Gasteiger partial charge on any atom is 0.490 e. The van der Waals surface area contributed by atoms with Gasteiger partial charge in [0.05, 0.1) is 19.1 Å². The number of nitrogens with one attached hydrogen (secondary N) is 4. The van der Waals surface area contributed by atoms with E-state index < -0.39 is 73.0 Å². The number of aromatic hydroxyl groups is 1. The van der Waals surface area contributed by atoms with Crippen LogP contribution in [0.1, 0.15) is 31.4 Å². The number of rotatable bonds is 15. The highest BCUT2D eigenvalue weighted by Crippen LogP contribution is 2.13. The molecule has 0 aliphatic carbocycles. The van der Waals surface area contributed by atoms with Crippen LogP contribution in [0.4, 0.5) is 13.2 Å². The fourth-order valence-corrected chi connectivity index (χ4v) is 3.79. The van der Waals surface area contributed by atoms with Crippen molar-refractivity contribution in [2.24, 2.45) is 11.7 Å². The molecule has 3 atom stereocenters. The third kappa shape index (κ3) is 16.6. The summed E-state index contributed by atoms with van der Waals surface area (Å²) in [7, 11) is 0. The van der Waals surface area contributed by atoms with E-state index in [0.29, 0.717) is 0 Å². The topological polar surface area (TPSA) is 237 Å². The van der Waals surface area contributed by atoms with Gasteiger partial charge in [-0.25, -0.2) is 9.59 Å². The number of carboxylic acid groups (broad SMARTS) is 2. The first-order valence-corrected chi connectivity index (χ1v) is 14.1. The van der Waals surface area contributed by atoms with Crippen LogP contribution in [0.25, 0.3) is 0 Å². The smallest absolute Gasteiger partial charge is 0.490 e. The minimum absolute atomic E-state index is 0.0154. The number of hydrogen-bond donors (Lipinski definition) is 8. The van der Waals surface area contributed by atoms with E-state index in [0.717, 1.165) is 11.1 Å². The minimum Gasteiger partial charge on any atom is -0.508 e. The molecule has 0 radical (unpaired) electrons. The van der Waals surface area contributed by atoms with Crippen LogP contribution in [0, 0.1) is 5.92 Å². The van der Waals surface area contributed by atoms with Gasteiger partial charge in [-0.15, -0.1) is 0 Å². The summed E-state index contributed by atoms with van der Waals surface area (Å²) in [5.74, 6) is -6.38. The van der Waals surface area contributed by atoms with Gasteiger partial charge in [0, 0.05) is 6.42 Å². The van der Waals surface area contributed by atoms with Gasteiger partial charge in [-0.1, -0.05) is 56.3 Å². The quantitative estimate of drug-likeness (QED) is 0.130. The van der Waals surface area contributed by atoms with Crippen molar-refractivity contribution in [3.8, 4) is 5.75 Å². The predicted octanol–water partition coefficient (Wildman–Crippen LogP) is 0.471. The highest BCUT2D eigenvalue weighted by Gasteiger charge is 2.38. The Labute approximate surface area is 267 Å². The number of amides is 4. The van der Waals surface area contributed by atoms with Crippen molar-refractivity contribution in [3.63, 3.8) is 0 Å². The molecule has 17 heteroatoms. The fourth-order valence-electron chi connectivity index (χ4n) is 3.79. The summed E-state index contributed by atoms with van der Waals surface area (Å²) in [5, 5.41) is 35.7. The van der Waals surface area contributed by atoms with Crippen molar-refractivity contribution in [3.05, 3.63) is 65.7 Å². The molecule has 2 rings (SSSR count). The number of phenols is 1. The zero-order chi connectivity index (χ0) is 35.7. The number of phenolic OH excluding ortho intramolecular Hbond substituents is 1. The summed E-state index contributed by atoms with van der Waals surface area (Å²) in [6.07, 6.45) is -4.57. The number of alkyl halides is 3. The van der Waals surface area contributed by atoms with E-state index in [-0.39, 0.29) is 30.9 Å². The number of nitrogens with two attached hydrogens (primary N) is 1. The highest BCUT2D eigenvalue weighted by atomic mass is 19.4. The fraction of sp³-hybridized carbons (Fsp3) is 0.400. The largest absolute Gasteiger partial charge is 0.508 e. The molecule has 47 heavy (non-hydrogen) atoms. The van der Waals surface area contributed by atoms with Crippen LogP contribution in [0.15, 0.2) is 54.6 Å². The monoisotopic (exact) mass is 669 g/mol. The number of carbonyl (C=O) groups excluding carboxylic acids is 4. The van der Waals surface area contributed by atoms with Crippen LogP contribution in [-0.4, -0.2) is 88.3 Å². The first-order valence-electron chi connectivity index (χ1n) is 14.1. The van der Waals surface area contributed by atoms with Crippen LogP contribution in [0.3, 0.4) is 0 Å². The number of hydrogen-bond acceptors (Lipinski definition) is 8. The van der Waals surface area contributed by atoms with Crippen molar-refractivity contribution in [2.45, 2.75) is 57.4 Å². The molecule has 0 saturated heterocycles.